The molecule has 0 bridgehead atoms. The van der Waals surface area contributed by atoms with E-state index in [1.807, 2.05) is 0 Å². The first-order chi connectivity index (χ1) is 8.09. The SMILES string of the molecule is CN(c1cccnc1)S(=O)(=O)CC1CCNC1. The highest BCUT2D eigenvalue weighted by atomic mass is 32.2. The second-order valence-electron chi connectivity index (χ2n) is 4.32. The second-order valence-corrected chi connectivity index (χ2v) is 6.36. The highest BCUT2D eigenvalue weighted by Gasteiger charge is 2.25. The van der Waals surface area contributed by atoms with Gasteiger partial charge in [-0.1, -0.05) is 0 Å². The van der Waals surface area contributed by atoms with Crippen molar-refractivity contribution in [2.24, 2.45) is 5.92 Å². The van der Waals surface area contributed by atoms with E-state index in [1.54, 1.807) is 31.6 Å². The molecule has 1 aliphatic rings. The van der Waals surface area contributed by atoms with Crippen LogP contribution in [0.4, 0.5) is 5.69 Å². The van der Waals surface area contributed by atoms with E-state index in [0.29, 0.717) is 5.69 Å². The van der Waals surface area contributed by atoms with Crippen LogP contribution in [0.2, 0.25) is 0 Å². The molecule has 1 saturated heterocycles. The molecule has 1 aliphatic heterocycles. The Kier molecular flexibility index (Phi) is 3.63. The molecule has 0 spiro atoms. The third-order valence-corrected chi connectivity index (χ3v) is 4.97. The summed E-state index contributed by atoms with van der Waals surface area (Å²) >= 11 is 0. The lowest BCUT2D eigenvalue weighted by atomic mass is 10.2. The largest absolute Gasteiger partial charge is 0.316 e. The summed E-state index contributed by atoms with van der Waals surface area (Å²) in [6.07, 6.45) is 4.12. The minimum absolute atomic E-state index is 0.200. The van der Waals surface area contributed by atoms with Crippen LogP contribution in [0.25, 0.3) is 0 Å². The van der Waals surface area contributed by atoms with Gasteiger partial charge in [-0.15, -0.1) is 0 Å². The molecule has 5 nitrogen and oxygen atoms in total. The van der Waals surface area contributed by atoms with Gasteiger partial charge in [0.05, 0.1) is 17.6 Å². The smallest absolute Gasteiger partial charge is 0.235 e. The van der Waals surface area contributed by atoms with Gasteiger partial charge in [-0.2, -0.15) is 0 Å². The highest BCUT2D eigenvalue weighted by Crippen LogP contribution is 2.18. The summed E-state index contributed by atoms with van der Waals surface area (Å²) in [6.45, 7) is 1.71. The van der Waals surface area contributed by atoms with E-state index in [1.165, 1.54) is 4.31 Å². The van der Waals surface area contributed by atoms with Crippen molar-refractivity contribution in [2.45, 2.75) is 6.42 Å². The van der Waals surface area contributed by atoms with Crippen LogP contribution in [0.5, 0.6) is 0 Å². The van der Waals surface area contributed by atoms with Crippen LogP contribution < -0.4 is 9.62 Å². The first-order valence-electron chi connectivity index (χ1n) is 5.67. The van der Waals surface area contributed by atoms with Crippen LogP contribution in [0.1, 0.15) is 6.42 Å². The van der Waals surface area contributed by atoms with E-state index in [9.17, 15) is 8.42 Å². The molecule has 1 fully saturated rings. The van der Waals surface area contributed by atoms with Crippen LogP contribution in [-0.4, -0.2) is 39.3 Å². The van der Waals surface area contributed by atoms with Gasteiger partial charge in [0, 0.05) is 13.2 Å². The molecular formula is C11H17N3O2S. The summed E-state index contributed by atoms with van der Waals surface area (Å²) in [4.78, 5) is 3.93. The average Bonchev–Trinajstić information content (AvgIpc) is 2.81. The number of sulfonamides is 1. The first-order valence-corrected chi connectivity index (χ1v) is 7.28. The van der Waals surface area contributed by atoms with Gasteiger partial charge in [0.15, 0.2) is 0 Å². The Labute approximate surface area is 102 Å². The van der Waals surface area contributed by atoms with Crippen molar-refractivity contribution in [2.75, 3.05) is 30.2 Å². The Morgan fingerprint density at radius 2 is 2.41 bits per heavy atom. The first kappa shape index (κ1) is 12.3. The number of nitrogens with zero attached hydrogens (tertiary/aromatic N) is 2. The fourth-order valence-electron chi connectivity index (χ4n) is 1.97. The van der Waals surface area contributed by atoms with Crippen LogP contribution in [0.15, 0.2) is 24.5 Å². The average molecular weight is 255 g/mol. The van der Waals surface area contributed by atoms with Crippen molar-refractivity contribution in [3.05, 3.63) is 24.5 Å². The monoisotopic (exact) mass is 255 g/mol. The summed E-state index contributed by atoms with van der Waals surface area (Å²) in [5.41, 5.74) is 0.610. The Bertz CT molecular complexity index is 455. The number of rotatable bonds is 4. The molecule has 2 rings (SSSR count). The maximum absolute atomic E-state index is 12.2. The quantitative estimate of drug-likeness (QED) is 0.849. The van der Waals surface area contributed by atoms with E-state index in [0.717, 1.165) is 19.5 Å². The molecule has 1 aromatic heterocycles. The zero-order valence-electron chi connectivity index (χ0n) is 9.83. The maximum atomic E-state index is 12.2. The van der Waals surface area contributed by atoms with Crippen molar-refractivity contribution < 1.29 is 8.42 Å². The molecule has 0 aliphatic carbocycles. The van der Waals surface area contributed by atoms with Crippen molar-refractivity contribution in [3.63, 3.8) is 0 Å². The topological polar surface area (TPSA) is 62.3 Å². The number of nitrogens with one attached hydrogen (secondary N) is 1. The minimum atomic E-state index is -3.24. The summed E-state index contributed by atoms with van der Waals surface area (Å²) in [5.74, 6) is 0.421. The fourth-order valence-corrected chi connectivity index (χ4v) is 3.50. The van der Waals surface area contributed by atoms with Crippen molar-refractivity contribution in [1.82, 2.24) is 10.3 Å². The summed E-state index contributed by atoms with van der Waals surface area (Å²) in [6, 6.07) is 3.48. The van der Waals surface area contributed by atoms with Gasteiger partial charge in [-0.05, 0) is 37.6 Å². The minimum Gasteiger partial charge on any atom is -0.316 e. The van der Waals surface area contributed by atoms with Crippen molar-refractivity contribution in [1.29, 1.82) is 0 Å². The molecule has 0 radical (unpaired) electrons. The molecule has 1 N–H and O–H groups in total. The molecule has 1 aromatic rings. The number of hydrogen-bond donors (Lipinski definition) is 1. The van der Waals surface area contributed by atoms with E-state index < -0.39 is 10.0 Å². The number of aromatic nitrogens is 1. The summed E-state index contributed by atoms with van der Waals surface area (Å²) < 4.78 is 25.6. The van der Waals surface area contributed by atoms with Crippen LogP contribution >= 0.6 is 0 Å². The lowest BCUT2D eigenvalue weighted by molar-refractivity contribution is 0.569. The third kappa shape index (κ3) is 2.95. The Morgan fingerprint density at radius 3 is 3.00 bits per heavy atom. The lowest BCUT2D eigenvalue weighted by Gasteiger charge is -2.20. The van der Waals surface area contributed by atoms with E-state index in [4.69, 9.17) is 0 Å². The Balaban J connectivity index is 2.09. The standard InChI is InChI=1S/C11H17N3O2S/c1-14(11-3-2-5-12-8-11)17(15,16)9-10-4-6-13-7-10/h2-3,5,8,10,13H,4,6-7,9H2,1H3. The Hall–Kier alpha value is -1.14. The third-order valence-electron chi connectivity index (χ3n) is 3.04. The van der Waals surface area contributed by atoms with Crippen LogP contribution in [0.3, 0.4) is 0 Å². The summed E-state index contributed by atoms with van der Waals surface area (Å²) in [7, 11) is -1.67. The molecule has 1 atom stereocenters. The molecule has 17 heavy (non-hydrogen) atoms. The predicted octanol–water partition coefficient (Wildman–Crippen LogP) is 0.457. The zero-order chi connectivity index (χ0) is 12.3. The van der Waals surface area contributed by atoms with Crippen molar-refractivity contribution >= 4 is 15.7 Å². The van der Waals surface area contributed by atoms with Crippen molar-refractivity contribution in [3.8, 4) is 0 Å². The van der Waals surface area contributed by atoms with E-state index in [2.05, 4.69) is 10.3 Å². The maximum Gasteiger partial charge on any atom is 0.235 e. The van der Waals surface area contributed by atoms with Gasteiger partial charge in [0.1, 0.15) is 0 Å². The second kappa shape index (κ2) is 5.01. The number of anilines is 1. The normalized spacial score (nSPS) is 20.4. The van der Waals surface area contributed by atoms with Gasteiger partial charge >= 0.3 is 0 Å². The van der Waals surface area contributed by atoms with Crippen LogP contribution in [-0.2, 0) is 10.0 Å². The van der Waals surface area contributed by atoms with Gasteiger partial charge in [-0.25, -0.2) is 8.42 Å². The number of pyridine rings is 1. The lowest BCUT2D eigenvalue weighted by Crippen LogP contribution is -2.32. The van der Waals surface area contributed by atoms with Gasteiger partial charge in [0.2, 0.25) is 10.0 Å². The molecule has 0 aromatic carbocycles. The molecule has 2 heterocycles. The Morgan fingerprint density at radius 1 is 1.59 bits per heavy atom. The van der Waals surface area contributed by atoms with Gasteiger partial charge < -0.3 is 5.32 Å². The van der Waals surface area contributed by atoms with Crippen LogP contribution in [0, 0.1) is 5.92 Å². The predicted molar refractivity (Wildman–Crippen MR) is 67.4 cm³/mol. The zero-order valence-corrected chi connectivity index (χ0v) is 10.7. The van der Waals surface area contributed by atoms with E-state index >= 15 is 0 Å². The van der Waals surface area contributed by atoms with Gasteiger partial charge in [-0.3, -0.25) is 9.29 Å². The molecular weight excluding hydrogens is 238 g/mol. The molecule has 94 valence electrons. The highest BCUT2D eigenvalue weighted by molar-refractivity contribution is 7.92. The number of hydrogen-bond acceptors (Lipinski definition) is 4. The molecule has 0 amide bonds. The molecule has 1 unspecified atom stereocenters. The van der Waals surface area contributed by atoms with Gasteiger partial charge in [0.25, 0.3) is 0 Å². The molecule has 0 saturated carbocycles. The fraction of sp³-hybridized carbons (Fsp3) is 0.545. The summed E-state index contributed by atoms with van der Waals surface area (Å²) in [5, 5.41) is 3.18. The van der Waals surface area contributed by atoms with E-state index in [-0.39, 0.29) is 11.7 Å². The molecule has 6 heteroatoms.